The Balaban J connectivity index is 2.75. The lowest BCUT2D eigenvalue weighted by atomic mass is 10.2. The largest absolute Gasteiger partial charge is 0.391 e. The van der Waals surface area contributed by atoms with Crippen LogP contribution in [0.2, 0.25) is 5.02 Å². The molecule has 1 nitrogen and oxygen atoms in total. The molecule has 0 radical (unpaired) electrons. The summed E-state index contributed by atoms with van der Waals surface area (Å²) in [5, 5.41) is 3.46. The van der Waals surface area contributed by atoms with Crippen molar-refractivity contribution in [1.82, 2.24) is 0 Å². The van der Waals surface area contributed by atoms with Gasteiger partial charge in [0.25, 0.3) is 0 Å². The highest BCUT2D eigenvalue weighted by Gasteiger charge is 2.04. The first-order valence-corrected chi connectivity index (χ1v) is 6.05. The summed E-state index contributed by atoms with van der Waals surface area (Å²) in [6.07, 6.45) is 0. The third-order valence-electron chi connectivity index (χ3n) is 1.82. The topological polar surface area (TPSA) is 26.0 Å². The van der Waals surface area contributed by atoms with Gasteiger partial charge in [-0.25, -0.2) is 0 Å². The van der Waals surface area contributed by atoms with E-state index in [1.54, 1.807) is 11.3 Å². The quantitative estimate of drug-likeness (QED) is 0.782. The number of alkyl halides is 1. The van der Waals surface area contributed by atoms with Crippen molar-refractivity contribution in [2.45, 2.75) is 5.33 Å². The van der Waals surface area contributed by atoms with Crippen molar-refractivity contribution < 1.29 is 0 Å². The number of hydrogen-bond acceptors (Lipinski definition) is 2. The molecule has 0 spiro atoms. The second-order valence-corrected chi connectivity index (χ2v) is 4.86. The maximum atomic E-state index is 6.08. The number of nitrogens with two attached hydrogens (primary N) is 1. The summed E-state index contributed by atoms with van der Waals surface area (Å²) < 4.78 is 1.15. The molecule has 0 atom stereocenters. The van der Waals surface area contributed by atoms with E-state index in [0.717, 1.165) is 25.4 Å². The number of rotatable bonds is 1. The van der Waals surface area contributed by atoms with Crippen molar-refractivity contribution >= 4 is 54.0 Å². The Bertz CT molecular complexity index is 452. The van der Waals surface area contributed by atoms with Gasteiger partial charge >= 0.3 is 0 Å². The van der Waals surface area contributed by atoms with Gasteiger partial charge in [-0.3, -0.25) is 0 Å². The molecule has 0 aliphatic heterocycles. The van der Waals surface area contributed by atoms with Gasteiger partial charge in [-0.1, -0.05) is 27.5 Å². The minimum Gasteiger partial charge on any atom is -0.391 e. The van der Waals surface area contributed by atoms with Crippen molar-refractivity contribution in [2.75, 3.05) is 5.73 Å². The highest BCUT2D eigenvalue weighted by atomic mass is 79.9. The van der Waals surface area contributed by atoms with E-state index in [0.29, 0.717) is 0 Å². The zero-order valence-corrected chi connectivity index (χ0v) is 9.84. The van der Waals surface area contributed by atoms with Crippen LogP contribution in [-0.4, -0.2) is 0 Å². The normalized spacial score (nSPS) is 10.9. The van der Waals surface area contributed by atoms with Crippen molar-refractivity contribution in [3.05, 3.63) is 28.8 Å². The summed E-state index contributed by atoms with van der Waals surface area (Å²) in [6, 6.07) is 5.99. The molecule has 1 heterocycles. The van der Waals surface area contributed by atoms with Crippen LogP contribution >= 0.6 is 38.9 Å². The predicted molar refractivity (Wildman–Crippen MR) is 63.9 cm³/mol. The van der Waals surface area contributed by atoms with E-state index < -0.39 is 0 Å². The Morgan fingerprint density at radius 3 is 2.85 bits per heavy atom. The molecule has 0 saturated heterocycles. The molecule has 1 aromatic heterocycles. The minimum absolute atomic E-state index is 0.778. The first kappa shape index (κ1) is 9.31. The van der Waals surface area contributed by atoms with Crippen LogP contribution in [0.5, 0.6) is 0 Å². The zero-order chi connectivity index (χ0) is 9.42. The molecule has 68 valence electrons. The first-order chi connectivity index (χ1) is 6.20. The summed E-state index contributed by atoms with van der Waals surface area (Å²) >= 11 is 11.1. The molecule has 0 saturated carbocycles. The van der Waals surface area contributed by atoms with Gasteiger partial charge in [-0.05, 0) is 23.8 Å². The Hall–Kier alpha value is -0.250. The second kappa shape index (κ2) is 3.48. The maximum Gasteiger partial charge on any atom is 0.0869 e. The van der Waals surface area contributed by atoms with Gasteiger partial charge in [-0.15, -0.1) is 11.3 Å². The number of anilines is 1. The van der Waals surface area contributed by atoms with Crippen LogP contribution in [0.1, 0.15) is 5.56 Å². The van der Waals surface area contributed by atoms with Crippen LogP contribution in [-0.2, 0) is 5.33 Å². The Kier molecular flexibility index (Phi) is 2.49. The number of hydrogen-bond donors (Lipinski definition) is 1. The Labute approximate surface area is 93.6 Å². The molecular formula is C9H7BrClNS. The molecule has 4 heteroatoms. The van der Waals surface area contributed by atoms with E-state index in [2.05, 4.69) is 22.0 Å². The minimum atomic E-state index is 0.778. The van der Waals surface area contributed by atoms with Gasteiger partial charge in [0.15, 0.2) is 0 Å². The third kappa shape index (κ3) is 1.68. The SMILES string of the molecule is Nc1cc2c(Cl)cc(CBr)cc2s1. The zero-order valence-electron chi connectivity index (χ0n) is 6.68. The third-order valence-corrected chi connectivity index (χ3v) is 3.69. The van der Waals surface area contributed by atoms with E-state index >= 15 is 0 Å². The molecular weight excluding hydrogens is 270 g/mol. The van der Waals surface area contributed by atoms with Gasteiger partial charge in [0.1, 0.15) is 0 Å². The predicted octanol–water partition coefficient (Wildman–Crippen LogP) is 4.03. The Morgan fingerprint density at radius 2 is 2.15 bits per heavy atom. The van der Waals surface area contributed by atoms with Crippen LogP contribution in [0.4, 0.5) is 5.00 Å². The average Bonchev–Trinajstić information content (AvgIpc) is 2.46. The summed E-state index contributed by atoms with van der Waals surface area (Å²) in [7, 11) is 0. The highest BCUT2D eigenvalue weighted by Crippen LogP contribution is 2.34. The molecule has 1 aromatic carbocycles. The van der Waals surface area contributed by atoms with Gasteiger partial charge in [0.05, 0.1) is 5.00 Å². The first-order valence-electron chi connectivity index (χ1n) is 3.74. The van der Waals surface area contributed by atoms with Crippen LogP contribution in [0, 0.1) is 0 Å². The van der Waals surface area contributed by atoms with Crippen molar-refractivity contribution in [2.24, 2.45) is 0 Å². The fourth-order valence-corrected chi connectivity index (χ4v) is 2.84. The molecule has 2 rings (SSSR count). The monoisotopic (exact) mass is 275 g/mol. The van der Waals surface area contributed by atoms with Crippen LogP contribution in [0.15, 0.2) is 18.2 Å². The van der Waals surface area contributed by atoms with E-state index in [4.69, 9.17) is 17.3 Å². The smallest absolute Gasteiger partial charge is 0.0869 e. The summed E-state index contributed by atoms with van der Waals surface area (Å²) in [4.78, 5) is 0. The van der Waals surface area contributed by atoms with Crippen molar-refractivity contribution in [3.8, 4) is 0 Å². The van der Waals surface area contributed by atoms with E-state index in [-0.39, 0.29) is 0 Å². The highest BCUT2D eigenvalue weighted by molar-refractivity contribution is 9.08. The van der Waals surface area contributed by atoms with Crippen molar-refractivity contribution in [1.29, 1.82) is 0 Å². The van der Waals surface area contributed by atoms with E-state index in [9.17, 15) is 0 Å². The number of benzene rings is 1. The summed E-state index contributed by atoms with van der Waals surface area (Å²) in [5.41, 5.74) is 6.88. The lowest BCUT2D eigenvalue weighted by Crippen LogP contribution is -1.76. The molecule has 2 N–H and O–H groups in total. The lowest BCUT2D eigenvalue weighted by molar-refractivity contribution is 1.47. The van der Waals surface area contributed by atoms with Crippen LogP contribution < -0.4 is 5.73 Å². The average molecular weight is 277 g/mol. The Morgan fingerprint density at radius 1 is 1.38 bits per heavy atom. The number of halogens is 2. The molecule has 0 aliphatic rings. The number of nitrogen functional groups attached to an aromatic ring is 1. The van der Waals surface area contributed by atoms with Crippen LogP contribution in [0.3, 0.4) is 0 Å². The maximum absolute atomic E-state index is 6.08. The fraction of sp³-hybridized carbons (Fsp3) is 0.111. The van der Waals surface area contributed by atoms with Gasteiger partial charge in [0.2, 0.25) is 0 Å². The molecule has 13 heavy (non-hydrogen) atoms. The summed E-state index contributed by atoms with van der Waals surface area (Å²) in [6.45, 7) is 0. The molecule has 0 fully saturated rings. The molecule has 0 unspecified atom stereocenters. The standard InChI is InChI=1S/C9H7BrClNS/c10-4-5-1-7(11)6-3-9(12)13-8(6)2-5/h1-3H,4,12H2. The summed E-state index contributed by atoms with van der Waals surface area (Å²) in [5.74, 6) is 0. The number of thiophene rings is 1. The van der Waals surface area contributed by atoms with E-state index in [1.807, 2.05) is 12.1 Å². The van der Waals surface area contributed by atoms with E-state index in [1.165, 1.54) is 5.56 Å². The van der Waals surface area contributed by atoms with Gasteiger partial charge < -0.3 is 5.73 Å². The second-order valence-electron chi connectivity index (χ2n) is 2.77. The van der Waals surface area contributed by atoms with Gasteiger partial charge in [-0.2, -0.15) is 0 Å². The molecule has 0 bridgehead atoms. The van der Waals surface area contributed by atoms with Crippen molar-refractivity contribution in [3.63, 3.8) is 0 Å². The molecule has 2 aromatic rings. The lowest BCUT2D eigenvalue weighted by Gasteiger charge is -1.97. The van der Waals surface area contributed by atoms with Gasteiger partial charge in [0, 0.05) is 20.4 Å². The van der Waals surface area contributed by atoms with Crippen LogP contribution in [0.25, 0.3) is 10.1 Å². The molecule has 0 aliphatic carbocycles. The number of fused-ring (bicyclic) bond motifs is 1. The fourth-order valence-electron chi connectivity index (χ4n) is 1.25. The molecule has 0 amide bonds.